The fourth-order valence-electron chi connectivity index (χ4n) is 4.65. The van der Waals surface area contributed by atoms with E-state index in [4.69, 9.17) is 4.74 Å². The summed E-state index contributed by atoms with van der Waals surface area (Å²) in [4.78, 5) is 24.6. The molecule has 1 fully saturated rings. The number of benzene rings is 2. The molecular weight excluding hydrogens is 472 g/mol. The van der Waals surface area contributed by atoms with Gasteiger partial charge in [-0.05, 0) is 24.3 Å². The molecule has 0 bridgehead atoms. The van der Waals surface area contributed by atoms with Gasteiger partial charge in [-0.3, -0.25) is 4.90 Å². The van der Waals surface area contributed by atoms with E-state index in [9.17, 15) is 32.8 Å². The van der Waals surface area contributed by atoms with E-state index in [1.807, 2.05) is 7.05 Å². The van der Waals surface area contributed by atoms with Crippen molar-refractivity contribution in [2.75, 3.05) is 13.6 Å². The largest absolute Gasteiger partial charge is 0.743 e. The molecule has 5 rings (SSSR count). The first-order valence-corrected chi connectivity index (χ1v) is 12.4. The van der Waals surface area contributed by atoms with Crippen molar-refractivity contribution in [3.63, 3.8) is 0 Å². The predicted molar refractivity (Wildman–Crippen MR) is 116 cm³/mol. The van der Waals surface area contributed by atoms with Crippen LogP contribution in [0.15, 0.2) is 53.3 Å². The Balaban J connectivity index is 1.59. The van der Waals surface area contributed by atoms with Gasteiger partial charge in [0.15, 0.2) is 32.3 Å². The van der Waals surface area contributed by atoms with Crippen LogP contribution in [0.1, 0.15) is 27.1 Å². The van der Waals surface area contributed by atoms with Crippen LogP contribution in [0.3, 0.4) is 0 Å². The van der Waals surface area contributed by atoms with Gasteiger partial charge < -0.3 is 19.5 Å². The molecule has 0 amide bonds. The maximum atomic E-state index is 12.1. The Morgan fingerprint density at radius 1 is 1.18 bits per heavy atom. The first-order chi connectivity index (χ1) is 15.5. The van der Waals surface area contributed by atoms with Crippen molar-refractivity contribution in [1.29, 1.82) is 0 Å². The number of fused-ring (bicyclic) bond motifs is 3. The Hall–Kier alpha value is -2.90. The maximum Gasteiger partial charge on any atom is 0.335 e. The number of carbonyl (C=O) groups is 2. The molecule has 0 saturated carbocycles. The number of hydrogen-bond donors (Lipinski definition) is 3. The number of ether oxygens (including phenoxy) is 1. The highest BCUT2D eigenvalue weighted by molar-refractivity contribution is 8.00. The van der Waals surface area contributed by atoms with Crippen molar-refractivity contribution < 1.29 is 42.4 Å². The van der Waals surface area contributed by atoms with Crippen LogP contribution in [-0.4, -0.2) is 59.5 Å². The second-order valence-corrected chi connectivity index (χ2v) is 10.9. The number of quaternary nitrogens is 2. The second kappa shape index (κ2) is 7.30. The molecule has 1 saturated heterocycles. The van der Waals surface area contributed by atoms with E-state index in [0.717, 1.165) is 15.5 Å². The minimum atomic E-state index is -4.71. The standard InChI is InChI=1S/C21H18N2O8S2/c1-22-13-8-11(20(24)25)3-5-16(13)32-17(22)10-18-23(7-6-19(23)33(28,29)30)14-9-12(21(26)27)2-4-15(14)31-18/h2-5,8-10,17,19H,6-7H2,1H3,(H2-,24,25,26,27,28,29,30)/p+1. The molecule has 33 heavy (non-hydrogen) atoms. The van der Waals surface area contributed by atoms with Gasteiger partial charge in [-0.1, -0.05) is 11.8 Å². The highest BCUT2D eigenvalue weighted by Crippen LogP contribution is 2.53. The highest BCUT2D eigenvalue weighted by atomic mass is 32.2. The average molecular weight is 492 g/mol. The molecule has 1 spiro atoms. The molecule has 4 atom stereocenters. The summed E-state index contributed by atoms with van der Waals surface area (Å²) in [6.07, 6.45) is 1.88. The zero-order chi connectivity index (χ0) is 23.7. The first kappa shape index (κ1) is 21.9. The van der Waals surface area contributed by atoms with Gasteiger partial charge in [0.25, 0.3) is 0 Å². The van der Waals surface area contributed by atoms with E-state index in [1.165, 1.54) is 36.0 Å². The molecule has 0 aromatic heterocycles. The molecule has 3 N–H and O–H groups in total. The molecule has 12 heteroatoms. The van der Waals surface area contributed by atoms with Crippen molar-refractivity contribution in [2.45, 2.75) is 22.1 Å². The van der Waals surface area contributed by atoms with Gasteiger partial charge in [-0.15, -0.1) is 0 Å². The summed E-state index contributed by atoms with van der Waals surface area (Å²) in [5, 5.41) is 17.1. The Morgan fingerprint density at radius 2 is 1.85 bits per heavy atom. The van der Waals surface area contributed by atoms with E-state index < -0.39 is 27.4 Å². The summed E-state index contributed by atoms with van der Waals surface area (Å²) in [7, 11) is -2.85. The lowest BCUT2D eigenvalue weighted by Gasteiger charge is -2.47. The van der Waals surface area contributed by atoms with Crippen LogP contribution in [0.5, 0.6) is 5.75 Å². The fraction of sp³-hybridized carbons (Fsp3) is 0.238. The lowest BCUT2D eigenvalue weighted by Crippen LogP contribution is -3.06. The van der Waals surface area contributed by atoms with Gasteiger partial charge in [0, 0.05) is 12.1 Å². The molecule has 2 aromatic carbocycles. The van der Waals surface area contributed by atoms with Gasteiger partial charge in [0.2, 0.25) is 0 Å². The molecule has 4 unspecified atom stereocenters. The average Bonchev–Trinajstić information content (AvgIpc) is 3.20. The SMILES string of the molecule is C[NH+]1c2cc(C(=O)O)ccc2SC1C=C1Oc2ccc(C(=O)O)cc2[N+]12CCC2S(=O)(=O)[O-]. The van der Waals surface area contributed by atoms with Crippen LogP contribution in [0.2, 0.25) is 0 Å². The van der Waals surface area contributed by atoms with Crippen molar-refractivity contribution >= 4 is 45.2 Å². The van der Waals surface area contributed by atoms with Crippen LogP contribution in [-0.2, 0) is 10.1 Å². The number of hydrogen-bond acceptors (Lipinski definition) is 7. The third kappa shape index (κ3) is 3.25. The van der Waals surface area contributed by atoms with Gasteiger partial charge in [0.1, 0.15) is 5.69 Å². The van der Waals surface area contributed by atoms with Crippen LogP contribution in [0, 0.1) is 0 Å². The van der Waals surface area contributed by atoms with Crippen molar-refractivity contribution in [3.05, 3.63) is 59.5 Å². The molecule has 2 aromatic rings. The monoisotopic (exact) mass is 491 g/mol. The van der Waals surface area contributed by atoms with E-state index in [0.29, 0.717) is 11.4 Å². The number of nitrogens with one attached hydrogen (secondary N) is 1. The highest BCUT2D eigenvalue weighted by Gasteiger charge is 2.61. The minimum absolute atomic E-state index is 0.0309. The van der Waals surface area contributed by atoms with Crippen LogP contribution in [0.25, 0.3) is 0 Å². The normalized spacial score (nSPS) is 28.8. The molecular formula is C21H19N2O8S2+. The Morgan fingerprint density at radius 3 is 2.45 bits per heavy atom. The number of carboxylic acids is 2. The lowest BCUT2D eigenvalue weighted by molar-refractivity contribution is -0.812. The van der Waals surface area contributed by atoms with Gasteiger partial charge >= 0.3 is 17.8 Å². The van der Waals surface area contributed by atoms with Crippen molar-refractivity contribution in [2.24, 2.45) is 0 Å². The predicted octanol–water partition coefficient (Wildman–Crippen LogP) is 1.18. The summed E-state index contributed by atoms with van der Waals surface area (Å²) in [6, 6.07) is 9.05. The summed E-state index contributed by atoms with van der Waals surface area (Å²) in [5.41, 5.74) is 1.25. The molecule has 172 valence electrons. The van der Waals surface area contributed by atoms with E-state index in [2.05, 4.69) is 0 Å². The zero-order valence-electron chi connectivity index (χ0n) is 17.2. The lowest BCUT2D eigenvalue weighted by atomic mass is 10.1. The van der Waals surface area contributed by atoms with Gasteiger partial charge in [-0.2, -0.15) is 0 Å². The number of thioether (sulfide) groups is 1. The third-order valence-corrected chi connectivity index (χ3v) is 9.04. The molecule has 3 heterocycles. The summed E-state index contributed by atoms with van der Waals surface area (Å²) in [6.45, 7) is 0.278. The van der Waals surface area contributed by atoms with Crippen molar-refractivity contribution in [3.8, 4) is 5.75 Å². The summed E-state index contributed by atoms with van der Waals surface area (Å²) >= 11 is 1.46. The zero-order valence-corrected chi connectivity index (χ0v) is 18.9. The Kier molecular flexibility index (Phi) is 4.85. The second-order valence-electron chi connectivity index (χ2n) is 8.16. The number of nitrogens with zero attached hydrogens (tertiary/aromatic N) is 1. The summed E-state index contributed by atoms with van der Waals surface area (Å²) in [5.74, 6) is -1.64. The van der Waals surface area contributed by atoms with Crippen LogP contribution in [0.4, 0.5) is 11.4 Å². The molecule has 0 aliphatic carbocycles. The van der Waals surface area contributed by atoms with Crippen LogP contribution >= 0.6 is 11.8 Å². The quantitative estimate of drug-likeness (QED) is 0.424. The van der Waals surface area contributed by atoms with E-state index in [1.54, 1.807) is 18.2 Å². The fourth-order valence-corrected chi connectivity index (χ4v) is 7.07. The number of likely N-dealkylation sites (N-methyl/N-ethyl adjacent to an activating group) is 1. The molecule has 3 aliphatic heterocycles. The Labute approximate surface area is 193 Å². The number of carboxylic acid groups (broad SMARTS) is 2. The molecule has 3 aliphatic rings. The smallest absolute Gasteiger partial charge is 0.335 e. The van der Waals surface area contributed by atoms with E-state index >= 15 is 0 Å². The van der Waals surface area contributed by atoms with Crippen molar-refractivity contribution in [1.82, 2.24) is 4.48 Å². The topological polar surface area (TPSA) is 145 Å². The Bertz CT molecular complexity index is 1360. The van der Waals surface area contributed by atoms with Gasteiger partial charge in [-0.25, -0.2) is 22.5 Å². The third-order valence-electron chi connectivity index (χ3n) is 6.42. The number of rotatable bonds is 4. The maximum absolute atomic E-state index is 12.1. The van der Waals surface area contributed by atoms with Gasteiger partial charge in [0.05, 0.1) is 42.1 Å². The number of aromatic carboxylic acids is 2. The molecule has 10 nitrogen and oxygen atoms in total. The first-order valence-electron chi connectivity index (χ1n) is 10.0. The molecule has 0 radical (unpaired) electrons. The van der Waals surface area contributed by atoms with Crippen LogP contribution < -0.4 is 14.1 Å². The van der Waals surface area contributed by atoms with E-state index in [-0.39, 0.29) is 39.8 Å². The summed E-state index contributed by atoms with van der Waals surface area (Å²) < 4.78 is 41.9. The minimum Gasteiger partial charge on any atom is -0.743 e.